The van der Waals surface area contributed by atoms with E-state index in [4.69, 9.17) is 5.11 Å². The van der Waals surface area contributed by atoms with Crippen LogP contribution in [0, 0.1) is 0 Å². The Kier molecular flexibility index (Phi) is 8.95. The van der Waals surface area contributed by atoms with Gasteiger partial charge in [-0.3, -0.25) is 0 Å². The molecule has 2 heteroatoms. The van der Waals surface area contributed by atoms with Crippen LogP contribution < -0.4 is 0 Å². The Balaban J connectivity index is 2.90. The van der Waals surface area contributed by atoms with E-state index in [2.05, 4.69) is 6.92 Å². The number of aliphatic hydroxyl groups is 1. The van der Waals surface area contributed by atoms with Crippen molar-refractivity contribution in [3.63, 3.8) is 0 Å². The molecule has 0 heterocycles. The first-order valence-corrected chi connectivity index (χ1v) is 5.07. The van der Waals surface area contributed by atoms with Gasteiger partial charge in [0, 0.05) is 0 Å². The third-order valence-corrected chi connectivity index (χ3v) is 2.08. The van der Waals surface area contributed by atoms with Gasteiger partial charge in [-0.05, 0) is 6.42 Å². The summed E-state index contributed by atoms with van der Waals surface area (Å²) >= 11 is 0. The van der Waals surface area contributed by atoms with Crippen molar-refractivity contribution < 1.29 is 10.2 Å². The standard InChI is InChI=1S/C10H21O2/c1-2-3-4-5-6-7-8-10(12)9-11/h10,12H,2-9H2,1H3. The van der Waals surface area contributed by atoms with Crippen LogP contribution in [0.3, 0.4) is 0 Å². The fourth-order valence-electron chi connectivity index (χ4n) is 1.24. The molecular formula is C10H21O2. The molecule has 0 aliphatic carbocycles. The number of unbranched alkanes of at least 4 members (excludes halogenated alkanes) is 5. The summed E-state index contributed by atoms with van der Waals surface area (Å²) in [6.45, 7) is 1.86. The van der Waals surface area contributed by atoms with E-state index in [0.717, 1.165) is 12.8 Å². The fourth-order valence-corrected chi connectivity index (χ4v) is 1.24. The molecule has 0 aromatic carbocycles. The average molecular weight is 173 g/mol. The van der Waals surface area contributed by atoms with Crippen molar-refractivity contribution in [2.45, 2.75) is 58.0 Å². The lowest BCUT2D eigenvalue weighted by Gasteiger charge is -2.04. The molecule has 12 heavy (non-hydrogen) atoms. The van der Waals surface area contributed by atoms with Gasteiger partial charge in [-0.25, -0.2) is 5.11 Å². The summed E-state index contributed by atoms with van der Waals surface area (Å²) < 4.78 is 0. The first-order chi connectivity index (χ1) is 5.81. The SMILES string of the molecule is CCCCCCCCC(O)C[O]. The Hall–Kier alpha value is -0.0800. The van der Waals surface area contributed by atoms with Crippen LogP contribution in [0.2, 0.25) is 0 Å². The van der Waals surface area contributed by atoms with E-state index < -0.39 is 6.10 Å². The molecule has 0 fully saturated rings. The molecule has 0 aromatic heterocycles. The number of hydrogen-bond acceptors (Lipinski definition) is 1. The molecule has 1 atom stereocenters. The molecule has 0 saturated carbocycles. The van der Waals surface area contributed by atoms with Crippen molar-refractivity contribution in [2.75, 3.05) is 6.61 Å². The van der Waals surface area contributed by atoms with Gasteiger partial charge in [0.2, 0.25) is 0 Å². The largest absolute Gasteiger partial charge is 0.391 e. The molecule has 0 spiro atoms. The fraction of sp³-hybridized carbons (Fsp3) is 1.00. The first kappa shape index (κ1) is 11.9. The molecular weight excluding hydrogens is 152 g/mol. The second kappa shape index (κ2) is 9.01. The number of hydrogen-bond donors (Lipinski definition) is 1. The zero-order chi connectivity index (χ0) is 9.23. The summed E-state index contributed by atoms with van der Waals surface area (Å²) in [4.78, 5) is 0. The van der Waals surface area contributed by atoms with Crippen molar-refractivity contribution in [1.82, 2.24) is 0 Å². The number of rotatable bonds is 8. The molecule has 0 amide bonds. The van der Waals surface area contributed by atoms with Gasteiger partial charge in [0.1, 0.15) is 6.61 Å². The van der Waals surface area contributed by atoms with E-state index in [0.29, 0.717) is 6.42 Å². The lowest BCUT2D eigenvalue weighted by atomic mass is 10.1. The predicted molar refractivity (Wildman–Crippen MR) is 49.6 cm³/mol. The third-order valence-electron chi connectivity index (χ3n) is 2.08. The predicted octanol–water partition coefficient (Wildman–Crippen LogP) is 2.53. The molecule has 0 bridgehead atoms. The van der Waals surface area contributed by atoms with Crippen LogP contribution in [-0.4, -0.2) is 17.8 Å². The highest BCUT2D eigenvalue weighted by Crippen LogP contribution is 2.08. The highest BCUT2D eigenvalue weighted by atomic mass is 16.3. The van der Waals surface area contributed by atoms with Gasteiger partial charge in [-0.1, -0.05) is 45.4 Å². The van der Waals surface area contributed by atoms with Crippen molar-refractivity contribution in [1.29, 1.82) is 0 Å². The minimum atomic E-state index is -0.601. The van der Waals surface area contributed by atoms with Crippen molar-refractivity contribution in [3.05, 3.63) is 0 Å². The van der Waals surface area contributed by atoms with Crippen molar-refractivity contribution >= 4 is 0 Å². The van der Waals surface area contributed by atoms with Gasteiger partial charge >= 0.3 is 0 Å². The van der Waals surface area contributed by atoms with Gasteiger partial charge in [-0.2, -0.15) is 0 Å². The second-order valence-electron chi connectivity index (χ2n) is 3.38. The monoisotopic (exact) mass is 173 g/mol. The van der Waals surface area contributed by atoms with E-state index in [9.17, 15) is 5.11 Å². The minimum Gasteiger partial charge on any atom is -0.391 e. The molecule has 0 saturated heterocycles. The Morgan fingerprint density at radius 2 is 1.67 bits per heavy atom. The zero-order valence-electron chi connectivity index (χ0n) is 8.09. The van der Waals surface area contributed by atoms with E-state index >= 15 is 0 Å². The molecule has 0 aromatic rings. The minimum absolute atomic E-state index is 0.338. The van der Waals surface area contributed by atoms with Crippen molar-refractivity contribution in [3.8, 4) is 0 Å². The maximum Gasteiger partial charge on any atom is 0.108 e. The topological polar surface area (TPSA) is 40.1 Å². The van der Waals surface area contributed by atoms with Gasteiger partial charge in [-0.15, -0.1) is 0 Å². The van der Waals surface area contributed by atoms with E-state index in [1.807, 2.05) is 0 Å². The maximum atomic E-state index is 10.1. The van der Waals surface area contributed by atoms with Crippen LogP contribution in [0.5, 0.6) is 0 Å². The summed E-state index contributed by atoms with van der Waals surface area (Å²) in [5.74, 6) is 0. The first-order valence-electron chi connectivity index (χ1n) is 5.07. The summed E-state index contributed by atoms with van der Waals surface area (Å²) in [6, 6.07) is 0. The average Bonchev–Trinajstić information content (AvgIpc) is 2.10. The quantitative estimate of drug-likeness (QED) is 0.563. The molecule has 0 aliphatic heterocycles. The Labute approximate surface area is 75.6 Å². The van der Waals surface area contributed by atoms with Crippen LogP contribution in [0.15, 0.2) is 0 Å². The lowest BCUT2D eigenvalue weighted by molar-refractivity contribution is 0.0485. The molecule has 73 valence electrons. The van der Waals surface area contributed by atoms with Gasteiger partial charge in [0.25, 0.3) is 0 Å². The van der Waals surface area contributed by atoms with E-state index in [1.54, 1.807) is 0 Å². The highest BCUT2D eigenvalue weighted by molar-refractivity contribution is 4.52. The van der Waals surface area contributed by atoms with Crippen LogP contribution in [0.4, 0.5) is 0 Å². The van der Waals surface area contributed by atoms with Crippen molar-refractivity contribution in [2.24, 2.45) is 0 Å². The smallest absolute Gasteiger partial charge is 0.108 e. The zero-order valence-corrected chi connectivity index (χ0v) is 8.09. The van der Waals surface area contributed by atoms with E-state index in [-0.39, 0.29) is 6.61 Å². The third kappa shape index (κ3) is 8.02. The second-order valence-corrected chi connectivity index (χ2v) is 3.38. The van der Waals surface area contributed by atoms with Crippen LogP contribution in [0.25, 0.3) is 0 Å². The Morgan fingerprint density at radius 1 is 1.08 bits per heavy atom. The molecule has 1 radical (unpaired) electrons. The summed E-state index contributed by atoms with van der Waals surface area (Å²) in [7, 11) is 0. The molecule has 0 rings (SSSR count). The Bertz CT molecular complexity index is 83.9. The summed E-state index contributed by atoms with van der Waals surface area (Å²) in [5, 5.41) is 19.1. The van der Waals surface area contributed by atoms with Gasteiger partial charge in [0.15, 0.2) is 0 Å². The summed E-state index contributed by atoms with van der Waals surface area (Å²) in [6.07, 6.45) is 7.38. The lowest BCUT2D eigenvalue weighted by Crippen LogP contribution is -2.09. The maximum absolute atomic E-state index is 10.1. The molecule has 1 N–H and O–H groups in total. The number of aliphatic hydroxyl groups excluding tert-OH is 1. The summed E-state index contributed by atoms with van der Waals surface area (Å²) in [5.41, 5.74) is 0. The molecule has 0 aliphatic rings. The van der Waals surface area contributed by atoms with Gasteiger partial charge < -0.3 is 5.11 Å². The van der Waals surface area contributed by atoms with Crippen LogP contribution in [0.1, 0.15) is 51.9 Å². The molecule has 1 unspecified atom stereocenters. The molecule has 2 nitrogen and oxygen atoms in total. The van der Waals surface area contributed by atoms with E-state index in [1.165, 1.54) is 25.7 Å². The Morgan fingerprint density at radius 3 is 2.25 bits per heavy atom. The van der Waals surface area contributed by atoms with Crippen LogP contribution in [-0.2, 0) is 5.11 Å². The highest BCUT2D eigenvalue weighted by Gasteiger charge is 2.00. The normalized spacial score (nSPS) is 13.2. The van der Waals surface area contributed by atoms with Gasteiger partial charge in [0.05, 0.1) is 6.10 Å². The van der Waals surface area contributed by atoms with Crippen LogP contribution >= 0.6 is 0 Å².